The van der Waals surface area contributed by atoms with Gasteiger partial charge in [0.1, 0.15) is 5.82 Å². The van der Waals surface area contributed by atoms with Crippen LogP contribution >= 0.6 is 0 Å². The van der Waals surface area contributed by atoms with Gasteiger partial charge in [-0.2, -0.15) is 0 Å². The first kappa shape index (κ1) is 16.2. The summed E-state index contributed by atoms with van der Waals surface area (Å²) in [4.78, 5) is 22.7. The summed E-state index contributed by atoms with van der Waals surface area (Å²) in [6.45, 7) is 1.38. The fourth-order valence-electron chi connectivity index (χ4n) is 2.22. The topological polar surface area (TPSA) is 125 Å². The maximum Gasteiger partial charge on any atom is 0.256 e. The first-order valence-corrected chi connectivity index (χ1v) is 7.23. The molecule has 1 unspecified atom stereocenters. The Labute approximate surface area is 128 Å². The molecule has 5 N–H and O–H groups in total. The van der Waals surface area contributed by atoms with Gasteiger partial charge in [-0.1, -0.05) is 0 Å². The van der Waals surface area contributed by atoms with Gasteiger partial charge in [0.05, 0.1) is 18.3 Å². The number of carbonyl (C=O) groups excluding carboxylic acids is 1. The Kier molecular flexibility index (Phi) is 5.68. The number of aliphatic hydroxyl groups is 2. The van der Waals surface area contributed by atoms with Crippen LogP contribution in [0.25, 0.3) is 5.57 Å². The second-order valence-electron chi connectivity index (χ2n) is 5.06. The number of hydrogen-bond acceptors (Lipinski definition) is 7. The van der Waals surface area contributed by atoms with Crippen LogP contribution in [-0.4, -0.2) is 58.4 Å². The summed E-state index contributed by atoms with van der Waals surface area (Å²) in [5, 5.41) is 20.5. The molecule has 0 aromatic carbocycles. The zero-order chi connectivity index (χ0) is 15.9. The standard InChI is InChI=1S/C14H21N5O3/c15-7-11(14(22)17-8-10(21)9-20)13-16-4-3-12(18-13)19-5-1-2-6-19/h3-4,7,10,20-21H,1-2,5-6,8-9,15H2,(H,17,22). The van der Waals surface area contributed by atoms with Gasteiger partial charge >= 0.3 is 0 Å². The van der Waals surface area contributed by atoms with E-state index in [4.69, 9.17) is 10.8 Å². The fraction of sp³-hybridized carbons (Fsp3) is 0.500. The van der Waals surface area contributed by atoms with E-state index in [-0.39, 0.29) is 17.9 Å². The number of amides is 1. The van der Waals surface area contributed by atoms with E-state index in [1.165, 1.54) is 0 Å². The van der Waals surface area contributed by atoms with E-state index in [1.807, 2.05) is 0 Å². The van der Waals surface area contributed by atoms with Crippen LogP contribution in [0.5, 0.6) is 0 Å². The van der Waals surface area contributed by atoms with Crippen molar-refractivity contribution in [1.29, 1.82) is 0 Å². The summed E-state index contributed by atoms with van der Waals surface area (Å²) in [5.41, 5.74) is 5.65. The third-order valence-corrected chi connectivity index (χ3v) is 3.43. The van der Waals surface area contributed by atoms with E-state index in [1.54, 1.807) is 12.3 Å². The molecular weight excluding hydrogens is 286 g/mol. The molecule has 120 valence electrons. The molecule has 1 aliphatic rings. The lowest BCUT2D eigenvalue weighted by molar-refractivity contribution is -0.116. The highest BCUT2D eigenvalue weighted by Gasteiger charge is 2.18. The van der Waals surface area contributed by atoms with Gasteiger partial charge in [-0.15, -0.1) is 0 Å². The molecule has 0 saturated carbocycles. The largest absolute Gasteiger partial charge is 0.404 e. The van der Waals surface area contributed by atoms with Crippen LogP contribution < -0.4 is 16.0 Å². The van der Waals surface area contributed by atoms with Gasteiger partial charge in [-0.25, -0.2) is 9.97 Å². The molecule has 2 heterocycles. The molecule has 1 atom stereocenters. The van der Waals surface area contributed by atoms with E-state index < -0.39 is 18.6 Å². The van der Waals surface area contributed by atoms with E-state index in [0.717, 1.165) is 37.9 Å². The van der Waals surface area contributed by atoms with Gasteiger partial charge < -0.3 is 26.2 Å². The maximum absolute atomic E-state index is 12.1. The summed E-state index contributed by atoms with van der Waals surface area (Å²) in [7, 11) is 0. The van der Waals surface area contributed by atoms with E-state index in [0.29, 0.717) is 0 Å². The molecule has 1 saturated heterocycles. The van der Waals surface area contributed by atoms with Crippen molar-refractivity contribution >= 4 is 17.3 Å². The van der Waals surface area contributed by atoms with Gasteiger partial charge in [-0.05, 0) is 18.9 Å². The molecule has 2 rings (SSSR count). The first-order chi connectivity index (χ1) is 10.7. The van der Waals surface area contributed by atoms with Gasteiger partial charge in [-0.3, -0.25) is 4.79 Å². The van der Waals surface area contributed by atoms with Gasteiger partial charge in [0, 0.05) is 32.0 Å². The molecule has 22 heavy (non-hydrogen) atoms. The lowest BCUT2D eigenvalue weighted by atomic mass is 10.2. The lowest BCUT2D eigenvalue weighted by Gasteiger charge is -2.17. The number of nitrogens with two attached hydrogens (primary N) is 1. The molecule has 1 amide bonds. The van der Waals surface area contributed by atoms with E-state index in [9.17, 15) is 9.90 Å². The molecule has 0 bridgehead atoms. The SMILES string of the molecule is NC=C(C(=O)NCC(O)CO)c1nccc(N2CCCC2)n1. The smallest absolute Gasteiger partial charge is 0.256 e. The Hall–Kier alpha value is -2.19. The summed E-state index contributed by atoms with van der Waals surface area (Å²) in [6.07, 6.45) is 3.97. The molecule has 1 aliphatic heterocycles. The minimum absolute atomic E-state index is 0.0709. The molecule has 1 fully saturated rings. The summed E-state index contributed by atoms with van der Waals surface area (Å²) >= 11 is 0. The molecule has 8 nitrogen and oxygen atoms in total. The lowest BCUT2D eigenvalue weighted by Crippen LogP contribution is -2.35. The zero-order valence-corrected chi connectivity index (χ0v) is 12.3. The van der Waals surface area contributed by atoms with Gasteiger partial charge in [0.15, 0.2) is 5.82 Å². The Bertz CT molecular complexity index is 543. The Balaban J connectivity index is 2.10. The Morgan fingerprint density at radius 1 is 1.50 bits per heavy atom. The number of aromatic nitrogens is 2. The monoisotopic (exact) mass is 307 g/mol. The number of carbonyl (C=O) groups is 1. The fourth-order valence-corrected chi connectivity index (χ4v) is 2.22. The summed E-state index contributed by atoms with van der Waals surface area (Å²) in [6, 6.07) is 1.80. The molecule has 0 aliphatic carbocycles. The number of hydrogen-bond donors (Lipinski definition) is 4. The van der Waals surface area contributed by atoms with Crippen molar-refractivity contribution in [1.82, 2.24) is 15.3 Å². The van der Waals surface area contributed by atoms with Crippen LogP contribution in [0.3, 0.4) is 0 Å². The van der Waals surface area contributed by atoms with Gasteiger partial charge in [0.2, 0.25) is 0 Å². The predicted molar refractivity (Wildman–Crippen MR) is 81.7 cm³/mol. The van der Waals surface area contributed by atoms with Crippen LogP contribution in [0, 0.1) is 0 Å². The van der Waals surface area contributed by atoms with Crippen molar-refractivity contribution in [2.24, 2.45) is 5.73 Å². The predicted octanol–water partition coefficient (Wildman–Crippen LogP) is -1.15. The van der Waals surface area contributed by atoms with Crippen LogP contribution in [0.1, 0.15) is 18.7 Å². The molecule has 0 spiro atoms. The average Bonchev–Trinajstić information content (AvgIpc) is 3.08. The Morgan fingerprint density at radius 2 is 2.23 bits per heavy atom. The maximum atomic E-state index is 12.1. The second kappa shape index (κ2) is 7.71. The molecule has 1 aromatic heterocycles. The third kappa shape index (κ3) is 3.92. The average molecular weight is 307 g/mol. The zero-order valence-electron chi connectivity index (χ0n) is 12.3. The van der Waals surface area contributed by atoms with Crippen molar-refractivity contribution < 1.29 is 15.0 Å². The van der Waals surface area contributed by atoms with Crippen LogP contribution in [-0.2, 0) is 4.79 Å². The number of nitrogens with one attached hydrogen (secondary N) is 1. The van der Waals surface area contributed by atoms with Crippen molar-refractivity contribution in [2.75, 3.05) is 31.1 Å². The van der Waals surface area contributed by atoms with Crippen molar-refractivity contribution in [2.45, 2.75) is 18.9 Å². The highest BCUT2D eigenvalue weighted by Crippen LogP contribution is 2.19. The quantitative estimate of drug-likeness (QED) is 0.489. The molecular formula is C14H21N5O3. The highest BCUT2D eigenvalue weighted by atomic mass is 16.3. The first-order valence-electron chi connectivity index (χ1n) is 7.23. The normalized spacial score (nSPS) is 16.6. The Morgan fingerprint density at radius 3 is 2.86 bits per heavy atom. The van der Waals surface area contributed by atoms with Crippen molar-refractivity contribution in [3.8, 4) is 0 Å². The third-order valence-electron chi connectivity index (χ3n) is 3.43. The van der Waals surface area contributed by atoms with E-state index >= 15 is 0 Å². The number of aliphatic hydroxyl groups excluding tert-OH is 2. The van der Waals surface area contributed by atoms with Gasteiger partial charge in [0.25, 0.3) is 5.91 Å². The van der Waals surface area contributed by atoms with Crippen molar-refractivity contribution in [3.63, 3.8) is 0 Å². The number of rotatable bonds is 6. The summed E-state index contributed by atoms with van der Waals surface area (Å²) in [5.74, 6) is 0.515. The minimum atomic E-state index is -1.01. The molecule has 0 radical (unpaired) electrons. The van der Waals surface area contributed by atoms with Crippen molar-refractivity contribution in [3.05, 3.63) is 24.3 Å². The second-order valence-corrected chi connectivity index (χ2v) is 5.06. The van der Waals surface area contributed by atoms with Crippen LogP contribution in [0.2, 0.25) is 0 Å². The number of nitrogens with zero attached hydrogens (tertiary/aromatic N) is 3. The summed E-state index contributed by atoms with van der Waals surface area (Å²) < 4.78 is 0. The minimum Gasteiger partial charge on any atom is -0.404 e. The van der Waals surface area contributed by atoms with Crippen LogP contribution in [0.4, 0.5) is 5.82 Å². The number of anilines is 1. The van der Waals surface area contributed by atoms with E-state index in [2.05, 4.69) is 20.2 Å². The molecule has 1 aromatic rings. The highest BCUT2D eigenvalue weighted by molar-refractivity contribution is 6.18. The molecule has 8 heteroatoms. The van der Waals surface area contributed by atoms with Crippen LogP contribution in [0.15, 0.2) is 18.5 Å².